The SMILES string of the molecule is CC1C=Cc2ccc(-c3ccccc3)cc2C1. The van der Waals surface area contributed by atoms with E-state index in [1.54, 1.807) is 0 Å². The van der Waals surface area contributed by atoms with Crippen molar-refractivity contribution in [2.75, 3.05) is 0 Å². The summed E-state index contributed by atoms with van der Waals surface area (Å²) in [5.41, 5.74) is 5.48. The lowest BCUT2D eigenvalue weighted by molar-refractivity contribution is 0.717. The molecule has 84 valence electrons. The van der Waals surface area contributed by atoms with Crippen molar-refractivity contribution in [1.29, 1.82) is 0 Å². The molecule has 0 fully saturated rings. The molecule has 0 nitrogen and oxygen atoms in total. The average Bonchev–Trinajstić information content (AvgIpc) is 2.39. The van der Waals surface area contributed by atoms with E-state index in [0.717, 1.165) is 6.42 Å². The van der Waals surface area contributed by atoms with Crippen LogP contribution in [-0.4, -0.2) is 0 Å². The van der Waals surface area contributed by atoms with E-state index < -0.39 is 0 Å². The molecule has 0 aromatic heterocycles. The highest BCUT2D eigenvalue weighted by molar-refractivity contribution is 5.68. The smallest absolute Gasteiger partial charge is 0.0181 e. The highest BCUT2D eigenvalue weighted by Crippen LogP contribution is 2.28. The predicted molar refractivity (Wildman–Crippen MR) is 73.8 cm³/mol. The second-order valence-electron chi connectivity index (χ2n) is 4.82. The molecule has 3 rings (SSSR count). The normalized spacial score (nSPS) is 17.8. The van der Waals surface area contributed by atoms with Crippen molar-refractivity contribution in [2.24, 2.45) is 5.92 Å². The average molecular weight is 220 g/mol. The van der Waals surface area contributed by atoms with Crippen molar-refractivity contribution < 1.29 is 0 Å². The highest BCUT2D eigenvalue weighted by Gasteiger charge is 2.10. The van der Waals surface area contributed by atoms with E-state index in [0.29, 0.717) is 5.92 Å². The van der Waals surface area contributed by atoms with Gasteiger partial charge in [-0.2, -0.15) is 0 Å². The van der Waals surface area contributed by atoms with E-state index in [9.17, 15) is 0 Å². The van der Waals surface area contributed by atoms with Crippen molar-refractivity contribution in [2.45, 2.75) is 13.3 Å². The molecule has 0 heteroatoms. The monoisotopic (exact) mass is 220 g/mol. The maximum absolute atomic E-state index is 2.34. The van der Waals surface area contributed by atoms with Gasteiger partial charge in [-0.25, -0.2) is 0 Å². The molecule has 2 aromatic rings. The first kappa shape index (κ1) is 10.3. The molecule has 0 spiro atoms. The van der Waals surface area contributed by atoms with Gasteiger partial charge in [-0.1, -0.05) is 67.6 Å². The van der Waals surface area contributed by atoms with Gasteiger partial charge in [0.05, 0.1) is 0 Å². The quantitative estimate of drug-likeness (QED) is 0.661. The minimum Gasteiger partial charge on any atom is -0.0808 e. The molecule has 0 N–H and O–H groups in total. The summed E-state index contributed by atoms with van der Waals surface area (Å²) in [5, 5.41) is 0. The molecular formula is C17H16. The fourth-order valence-electron chi connectivity index (χ4n) is 2.44. The number of benzene rings is 2. The summed E-state index contributed by atoms with van der Waals surface area (Å²) in [6.45, 7) is 2.27. The summed E-state index contributed by atoms with van der Waals surface area (Å²) in [5.74, 6) is 0.661. The molecule has 1 atom stereocenters. The fraction of sp³-hybridized carbons (Fsp3) is 0.176. The molecule has 1 aliphatic rings. The molecule has 1 unspecified atom stereocenters. The van der Waals surface area contributed by atoms with Crippen LogP contribution >= 0.6 is 0 Å². The van der Waals surface area contributed by atoms with Crippen LogP contribution in [-0.2, 0) is 6.42 Å². The number of hydrogen-bond donors (Lipinski definition) is 0. The fourth-order valence-corrected chi connectivity index (χ4v) is 2.44. The zero-order valence-corrected chi connectivity index (χ0v) is 10.1. The van der Waals surface area contributed by atoms with E-state index in [-0.39, 0.29) is 0 Å². The van der Waals surface area contributed by atoms with Gasteiger partial charge in [-0.05, 0) is 34.6 Å². The molecule has 0 amide bonds. The number of allylic oxidation sites excluding steroid dienone is 1. The predicted octanol–water partition coefficient (Wildman–Crippen LogP) is 4.56. The van der Waals surface area contributed by atoms with E-state index in [1.807, 2.05) is 0 Å². The third kappa shape index (κ3) is 2.03. The summed E-state index contributed by atoms with van der Waals surface area (Å²) in [6, 6.07) is 17.4. The Morgan fingerprint density at radius 1 is 0.941 bits per heavy atom. The van der Waals surface area contributed by atoms with Crippen LogP contribution in [0, 0.1) is 5.92 Å². The Balaban J connectivity index is 2.05. The first-order chi connectivity index (χ1) is 8.33. The van der Waals surface area contributed by atoms with Gasteiger partial charge in [0, 0.05) is 0 Å². The highest BCUT2D eigenvalue weighted by atomic mass is 14.1. The summed E-state index contributed by atoms with van der Waals surface area (Å²) >= 11 is 0. The van der Waals surface area contributed by atoms with Crippen LogP contribution in [0.2, 0.25) is 0 Å². The third-order valence-electron chi connectivity index (χ3n) is 3.40. The van der Waals surface area contributed by atoms with Gasteiger partial charge in [-0.3, -0.25) is 0 Å². The van der Waals surface area contributed by atoms with Gasteiger partial charge >= 0.3 is 0 Å². The summed E-state index contributed by atoms with van der Waals surface area (Å²) in [6.07, 6.45) is 5.70. The lowest BCUT2D eigenvalue weighted by Gasteiger charge is -2.16. The molecule has 1 aliphatic carbocycles. The van der Waals surface area contributed by atoms with Crippen LogP contribution in [0.25, 0.3) is 17.2 Å². The van der Waals surface area contributed by atoms with Crippen LogP contribution in [0.5, 0.6) is 0 Å². The Morgan fingerprint density at radius 3 is 2.59 bits per heavy atom. The summed E-state index contributed by atoms with van der Waals surface area (Å²) < 4.78 is 0. The first-order valence-corrected chi connectivity index (χ1v) is 6.19. The lowest BCUT2D eigenvalue weighted by atomic mass is 9.88. The molecule has 0 bridgehead atoms. The van der Waals surface area contributed by atoms with Crippen LogP contribution in [0.4, 0.5) is 0 Å². The molecule has 17 heavy (non-hydrogen) atoms. The van der Waals surface area contributed by atoms with Crippen molar-refractivity contribution in [3.05, 3.63) is 65.7 Å². The molecule has 2 aromatic carbocycles. The van der Waals surface area contributed by atoms with E-state index >= 15 is 0 Å². The van der Waals surface area contributed by atoms with Crippen LogP contribution in [0.3, 0.4) is 0 Å². The van der Waals surface area contributed by atoms with Crippen molar-refractivity contribution in [3.8, 4) is 11.1 Å². The second-order valence-corrected chi connectivity index (χ2v) is 4.82. The van der Waals surface area contributed by atoms with Gasteiger partial charge < -0.3 is 0 Å². The van der Waals surface area contributed by atoms with E-state index in [2.05, 4.69) is 67.6 Å². The van der Waals surface area contributed by atoms with Crippen molar-refractivity contribution >= 4 is 6.08 Å². The summed E-state index contributed by atoms with van der Waals surface area (Å²) in [4.78, 5) is 0. The van der Waals surface area contributed by atoms with Gasteiger partial charge in [0.2, 0.25) is 0 Å². The third-order valence-corrected chi connectivity index (χ3v) is 3.40. The largest absolute Gasteiger partial charge is 0.0808 e. The zero-order valence-electron chi connectivity index (χ0n) is 10.1. The molecule has 0 saturated heterocycles. The minimum absolute atomic E-state index is 0.661. The first-order valence-electron chi connectivity index (χ1n) is 6.19. The maximum atomic E-state index is 2.34. The maximum Gasteiger partial charge on any atom is -0.0181 e. The Hall–Kier alpha value is -1.82. The molecular weight excluding hydrogens is 204 g/mol. The Kier molecular flexibility index (Phi) is 2.56. The second kappa shape index (κ2) is 4.21. The van der Waals surface area contributed by atoms with E-state index in [4.69, 9.17) is 0 Å². The van der Waals surface area contributed by atoms with Gasteiger partial charge in [0.15, 0.2) is 0 Å². The van der Waals surface area contributed by atoms with Crippen LogP contribution in [0.1, 0.15) is 18.1 Å². The van der Waals surface area contributed by atoms with Crippen LogP contribution < -0.4 is 0 Å². The number of hydrogen-bond acceptors (Lipinski definition) is 0. The Labute approximate surface area is 103 Å². The van der Waals surface area contributed by atoms with Gasteiger partial charge in [0.1, 0.15) is 0 Å². The Bertz CT molecular complexity index is 550. The van der Waals surface area contributed by atoms with E-state index in [1.165, 1.54) is 22.3 Å². The van der Waals surface area contributed by atoms with Gasteiger partial charge in [0.25, 0.3) is 0 Å². The zero-order chi connectivity index (χ0) is 11.7. The van der Waals surface area contributed by atoms with Crippen molar-refractivity contribution in [3.63, 3.8) is 0 Å². The molecule has 0 saturated carbocycles. The van der Waals surface area contributed by atoms with Gasteiger partial charge in [-0.15, -0.1) is 0 Å². The summed E-state index contributed by atoms with van der Waals surface area (Å²) in [7, 11) is 0. The molecule has 0 aliphatic heterocycles. The van der Waals surface area contributed by atoms with Crippen molar-refractivity contribution in [1.82, 2.24) is 0 Å². The van der Waals surface area contributed by atoms with Crippen LogP contribution in [0.15, 0.2) is 54.6 Å². The minimum atomic E-state index is 0.661. The standard InChI is InChI=1S/C17H16/c1-13-7-8-15-9-10-16(12-17(15)11-13)14-5-3-2-4-6-14/h2-10,12-13H,11H2,1H3. The lowest BCUT2D eigenvalue weighted by Crippen LogP contribution is -2.03. The topological polar surface area (TPSA) is 0 Å². The number of rotatable bonds is 1. The Morgan fingerprint density at radius 2 is 1.76 bits per heavy atom. The molecule has 0 heterocycles. The molecule has 0 radical (unpaired) electrons. The number of fused-ring (bicyclic) bond motifs is 1.